The van der Waals surface area contributed by atoms with Gasteiger partial charge in [-0.1, -0.05) is 87.5 Å². The first kappa shape index (κ1) is 61.9. The van der Waals surface area contributed by atoms with E-state index in [0.29, 0.717) is 87.9 Å². The average molecular weight is 1280 g/mol. The number of hydrogen-bond acceptors (Lipinski definition) is 15. The van der Waals surface area contributed by atoms with Crippen LogP contribution in [0.1, 0.15) is 126 Å². The minimum absolute atomic E-state index is 0.0308. The summed E-state index contributed by atoms with van der Waals surface area (Å²) < 4.78 is 19.6. The first-order valence-electron chi connectivity index (χ1n) is 34.4. The summed E-state index contributed by atoms with van der Waals surface area (Å²) in [5.41, 5.74) is 25.2. The van der Waals surface area contributed by atoms with Gasteiger partial charge >= 0.3 is 0 Å². The number of carbonyl (C=O) groups excluding carboxylic acids is 6. The van der Waals surface area contributed by atoms with Gasteiger partial charge in [0.05, 0.1) is 28.6 Å². The van der Waals surface area contributed by atoms with Gasteiger partial charge in [0.2, 0.25) is 0 Å². The predicted octanol–water partition coefficient (Wildman–Crippen LogP) is 12.2. The second-order valence-corrected chi connectivity index (χ2v) is 29.9. The van der Waals surface area contributed by atoms with Crippen molar-refractivity contribution in [2.75, 3.05) is 19.6 Å². The number of ether oxygens (including phenoxy) is 3. The van der Waals surface area contributed by atoms with Crippen LogP contribution in [0.3, 0.4) is 0 Å². The Morgan fingerprint density at radius 1 is 0.427 bits per heavy atom. The lowest BCUT2D eigenvalue weighted by molar-refractivity contribution is -0.120. The number of aromatic nitrogens is 3. The van der Waals surface area contributed by atoms with Crippen LogP contribution in [0.2, 0.25) is 0 Å². The van der Waals surface area contributed by atoms with Gasteiger partial charge in [-0.25, -0.2) is 0 Å². The maximum atomic E-state index is 13.4. The maximum Gasteiger partial charge on any atom is 0.166 e. The van der Waals surface area contributed by atoms with E-state index in [-0.39, 0.29) is 117 Å². The Labute approximate surface area is 558 Å². The molecule has 96 heavy (non-hydrogen) atoms. The molecule has 3 aromatic heterocycles. The molecule has 6 heterocycles. The van der Waals surface area contributed by atoms with Crippen LogP contribution < -0.4 is 17.2 Å². The molecule has 0 saturated heterocycles. The normalized spacial score (nSPS) is 33.7. The SMILES string of the molecule is C[C@]12C=CC3=CC4=C(CC(CN)CC4=O)O[C@H]3[C@@H]1CC(=O)[C@@H]2c1ccc2ccncc2c1.C[C@]12C=CC3=CC4=C(CC(CN)CC4=O)O[C@H]3[C@@H]1CC(=O)[C@@H]2c1ccc2cnccc2c1.C[C@]12CCC3=CC4=C(CC(CN)CC4=O)O[C@H]3[C@@H]1CC(=O)[C@@H]2c1ccc2ccncc2c1. The predicted molar refractivity (Wildman–Crippen MR) is 365 cm³/mol. The molecule has 6 N–H and O–H groups in total. The number of ketones is 6. The molecule has 9 aliphatic carbocycles. The molecule has 0 bridgehead atoms. The number of pyridine rings is 3. The number of benzene rings is 3. The van der Waals surface area contributed by atoms with Gasteiger partial charge in [0.1, 0.15) is 52.9 Å². The molecule has 15 atom stereocenters. The third-order valence-corrected chi connectivity index (χ3v) is 24.3. The lowest BCUT2D eigenvalue weighted by Gasteiger charge is -2.47. The summed E-state index contributed by atoms with van der Waals surface area (Å²) in [5.74, 6) is 3.49. The van der Waals surface area contributed by atoms with E-state index in [1.807, 2.05) is 55.0 Å². The van der Waals surface area contributed by atoms with Crippen molar-refractivity contribution in [3.63, 3.8) is 0 Å². The van der Waals surface area contributed by atoms with Crippen molar-refractivity contribution >= 4 is 67.0 Å². The third kappa shape index (κ3) is 10.2. The monoisotopic (exact) mass is 1280 g/mol. The van der Waals surface area contributed by atoms with Gasteiger partial charge in [0.25, 0.3) is 0 Å². The van der Waals surface area contributed by atoms with Crippen LogP contribution in [0.5, 0.6) is 0 Å². The fraction of sp³-hybridized carbons (Fsp3) is 0.395. The van der Waals surface area contributed by atoms with Gasteiger partial charge in [-0.3, -0.25) is 43.7 Å². The van der Waals surface area contributed by atoms with E-state index in [0.717, 1.165) is 102 Å². The van der Waals surface area contributed by atoms with E-state index < -0.39 is 0 Å². The third-order valence-electron chi connectivity index (χ3n) is 24.3. The second-order valence-electron chi connectivity index (χ2n) is 29.9. The van der Waals surface area contributed by atoms with Crippen LogP contribution in [0.4, 0.5) is 0 Å². The summed E-state index contributed by atoms with van der Waals surface area (Å²) in [6, 6.07) is 24.8. The lowest BCUT2D eigenvalue weighted by atomic mass is 9.61. The van der Waals surface area contributed by atoms with Crippen LogP contribution >= 0.6 is 0 Å². The van der Waals surface area contributed by atoms with E-state index in [1.54, 1.807) is 18.6 Å². The molecule has 0 radical (unpaired) electrons. The standard InChI is InChI=1S/C27H26N2O3.C27H28N2O3.C27H26N2O3/c1-27-6-4-18-11-20-22(30)8-15(13-28)9-24(20)32-26(18)21(27)12-23(31)25(27)17-2-3-19-14-29-7-5-16(19)10-17;2*1-27-6-4-18-11-20-22(30)8-15(13-28)9-24(20)32-26(18)21(27)12-23(31)25(27)17-3-2-16-5-7-29-14-19(16)10-17/h2-7,10-11,14-15,21,25-26H,8-9,12-13,28H2,1H3;2-3,5,7,10-11,14-15,21,25-26H,4,6,8-9,12-13,28H2,1H3;2-7,10-11,14-15,21,25-26H,8-9,12-13,28H2,1H3/t3*15?,21-,25-,26+,27-/m000/s1. The molecule has 15 heteroatoms. The summed E-state index contributed by atoms with van der Waals surface area (Å²) in [6.07, 6.45) is 31.8. The summed E-state index contributed by atoms with van der Waals surface area (Å²) in [5, 5.41) is 6.53. The highest BCUT2D eigenvalue weighted by atomic mass is 16.5. The fourth-order valence-corrected chi connectivity index (χ4v) is 19.1. The molecule has 4 fully saturated rings. The summed E-state index contributed by atoms with van der Waals surface area (Å²) in [6.45, 7) is 8.07. The van der Waals surface area contributed by atoms with Crippen LogP contribution in [-0.4, -0.2) is 87.6 Å². The molecule has 12 aliphatic rings. The number of Topliss-reactive ketones (excluding diaryl/α,β-unsaturated/α-hetero) is 6. The highest BCUT2D eigenvalue weighted by Gasteiger charge is 2.61. The molecule has 18 rings (SSSR count). The largest absolute Gasteiger partial charge is 0.489 e. The molecule has 3 aliphatic heterocycles. The number of hydrogen-bond donors (Lipinski definition) is 3. The molecule has 0 spiro atoms. The van der Waals surface area contributed by atoms with Gasteiger partial charge in [-0.2, -0.15) is 0 Å². The number of nitrogens with zero attached hydrogens (tertiary/aromatic N) is 3. The van der Waals surface area contributed by atoms with Crippen molar-refractivity contribution in [2.24, 2.45) is 69.0 Å². The van der Waals surface area contributed by atoms with E-state index in [2.05, 4.69) is 115 Å². The molecule has 3 aromatic carbocycles. The lowest BCUT2D eigenvalue weighted by Crippen LogP contribution is -2.44. The zero-order chi connectivity index (χ0) is 66.1. The van der Waals surface area contributed by atoms with E-state index in [1.165, 1.54) is 5.57 Å². The zero-order valence-electron chi connectivity index (χ0n) is 54.5. The van der Waals surface area contributed by atoms with Crippen molar-refractivity contribution < 1.29 is 43.0 Å². The van der Waals surface area contributed by atoms with Crippen LogP contribution in [0.25, 0.3) is 32.3 Å². The topological polar surface area (TPSA) is 247 Å². The van der Waals surface area contributed by atoms with Crippen molar-refractivity contribution in [3.8, 4) is 0 Å². The Morgan fingerprint density at radius 2 is 0.823 bits per heavy atom. The Balaban J connectivity index is 0.000000113. The quantitative estimate of drug-likeness (QED) is 0.140. The minimum Gasteiger partial charge on any atom is -0.489 e. The number of fused-ring (bicyclic) bond motifs is 12. The van der Waals surface area contributed by atoms with Gasteiger partial charge < -0.3 is 31.4 Å². The Bertz CT molecular complexity index is 4450. The highest BCUT2D eigenvalue weighted by Crippen LogP contribution is 2.63. The van der Waals surface area contributed by atoms with Gasteiger partial charge in [0, 0.05) is 146 Å². The molecule has 0 amide bonds. The zero-order valence-corrected chi connectivity index (χ0v) is 54.5. The first-order valence-corrected chi connectivity index (χ1v) is 34.4. The Kier molecular flexibility index (Phi) is 15.3. The number of carbonyl (C=O) groups is 6. The summed E-state index contributed by atoms with van der Waals surface area (Å²) >= 11 is 0. The van der Waals surface area contributed by atoms with Gasteiger partial charge in [-0.15, -0.1) is 0 Å². The number of rotatable bonds is 6. The summed E-state index contributed by atoms with van der Waals surface area (Å²) in [7, 11) is 0. The van der Waals surface area contributed by atoms with Crippen molar-refractivity contribution in [2.45, 2.75) is 127 Å². The van der Waals surface area contributed by atoms with Crippen LogP contribution in [-0.2, 0) is 43.0 Å². The smallest absolute Gasteiger partial charge is 0.166 e. The van der Waals surface area contributed by atoms with Gasteiger partial charge in [-0.05, 0) is 154 Å². The van der Waals surface area contributed by atoms with Crippen molar-refractivity contribution in [1.29, 1.82) is 0 Å². The molecular formula is C81H80N6O9. The molecule has 3 unspecified atom stereocenters. The Hall–Kier alpha value is -8.89. The fourth-order valence-electron chi connectivity index (χ4n) is 19.1. The molecule has 6 aromatic rings. The minimum atomic E-state index is -0.348. The highest BCUT2D eigenvalue weighted by molar-refractivity contribution is 6.02. The molecule has 488 valence electrons. The Morgan fingerprint density at radius 3 is 1.30 bits per heavy atom. The first-order chi connectivity index (χ1) is 46.4. The van der Waals surface area contributed by atoms with E-state index >= 15 is 0 Å². The van der Waals surface area contributed by atoms with Crippen molar-refractivity contribution in [3.05, 3.63) is 220 Å². The average Bonchev–Trinajstić information content (AvgIpc) is 1.50. The van der Waals surface area contributed by atoms with Crippen LogP contribution in [0, 0.1) is 51.8 Å². The molecule has 15 nitrogen and oxygen atoms in total. The van der Waals surface area contributed by atoms with Crippen molar-refractivity contribution in [1.82, 2.24) is 15.0 Å². The molecule has 4 saturated carbocycles. The molecular weight excluding hydrogens is 1200 g/mol. The second kappa shape index (κ2) is 23.7. The van der Waals surface area contributed by atoms with E-state index in [9.17, 15) is 28.8 Å². The number of nitrogens with two attached hydrogens (primary N) is 3. The van der Waals surface area contributed by atoms with E-state index in [4.69, 9.17) is 31.4 Å². The number of allylic oxidation sites excluding steroid dienone is 11. The van der Waals surface area contributed by atoms with Crippen LogP contribution in [0.15, 0.2) is 203 Å². The summed E-state index contributed by atoms with van der Waals surface area (Å²) in [4.78, 5) is 90.8. The van der Waals surface area contributed by atoms with Gasteiger partial charge in [0.15, 0.2) is 17.3 Å². The maximum absolute atomic E-state index is 13.4.